The molecule has 0 aliphatic heterocycles. The number of carboxylic acid groups (broad SMARTS) is 1. The summed E-state index contributed by atoms with van der Waals surface area (Å²) in [6.07, 6.45) is 1.40. The van der Waals surface area contributed by atoms with Crippen molar-refractivity contribution in [2.75, 3.05) is 10.6 Å². The van der Waals surface area contributed by atoms with Gasteiger partial charge in [-0.3, -0.25) is 4.79 Å². The van der Waals surface area contributed by atoms with Crippen molar-refractivity contribution in [1.82, 2.24) is 9.97 Å². The molecule has 3 N–H and O–H groups in total. The zero-order valence-corrected chi connectivity index (χ0v) is 13.9. The number of aromatic nitrogens is 2. The second-order valence-corrected chi connectivity index (χ2v) is 5.56. The first-order chi connectivity index (χ1) is 12.5. The van der Waals surface area contributed by atoms with Gasteiger partial charge in [-0.2, -0.15) is 0 Å². The molecule has 1 heterocycles. The molecule has 0 saturated carbocycles. The van der Waals surface area contributed by atoms with Gasteiger partial charge in [-0.05, 0) is 49.4 Å². The molecule has 3 aromatic rings. The fourth-order valence-electron chi connectivity index (χ4n) is 2.31. The van der Waals surface area contributed by atoms with Crippen molar-refractivity contribution in [1.29, 1.82) is 0 Å². The number of nitrogens with one attached hydrogen (secondary N) is 2. The van der Waals surface area contributed by atoms with Crippen molar-refractivity contribution < 1.29 is 14.7 Å². The van der Waals surface area contributed by atoms with Gasteiger partial charge in [-0.25, -0.2) is 14.8 Å². The highest BCUT2D eigenvalue weighted by molar-refractivity contribution is 5.94. The van der Waals surface area contributed by atoms with E-state index in [4.69, 9.17) is 5.11 Å². The van der Waals surface area contributed by atoms with Crippen molar-refractivity contribution in [3.05, 3.63) is 72.1 Å². The van der Waals surface area contributed by atoms with Crippen molar-refractivity contribution in [2.24, 2.45) is 0 Å². The van der Waals surface area contributed by atoms with Crippen LogP contribution in [0.2, 0.25) is 0 Å². The molecule has 0 radical (unpaired) electrons. The molecule has 7 nitrogen and oxygen atoms in total. The molecular formula is C19H16N4O3. The van der Waals surface area contributed by atoms with E-state index in [0.717, 1.165) is 5.69 Å². The summed E-state index contributed by atoms with van der Waals surface area (Å²) < 4.78 is 0. The Hall–Kier alpha value is -3.74. The lowest BCUT2D eigenvalue weighted by atomic mass is 10.1. The van der Waals surface area contributed by atoms with E-state index in [1.54, 1.807) is 42.5 Å². The molecule has 0 bridgehead atoms. The maximum atomic E-state index is 11.3. The van der Waals surface area contributed by atoms with Gasteiger partial charge in [0.05, 0.1) is 5.56 Å². The van der Waals surface area contributed by atoms with Crippen LogP contribution in [-0.2, 0) is 0 Å². The molecule has 0 amide bonds. The largest absolute Gasteiger partial charge is 0.478 e. The number of hydrogen-bond acceptors (Lipinski definition) is 6. The lowest BCUT2D eigenvalue weighted by Gasteiger charge is -2.09. The van der Waals surface area contributed by atoms with Crippen molar-refractivity contribution in [3.63, 3.8) is 0 Å². The summed E-state index contributed by atoms with van der Waals surface area (Å²) in [5.41, 5.74) is 2.22. The van der Waals surface area contributed by atoms with Crippen molar-refractivity contribution in [2.45, 2.75) is 6.92 Å². The van der Waals surface area contributed by atoms with E-state index in [2.05, 4.69) is 20.6 Å². The summed E-state index contributed by atoms with van der Waals surface area (Å²) >= 11 is 0. The minimum atomic E-state index is -0.993. The lowest BCUT2D eigenvalue weighted by molar-refractivity contribution is 0.0696. The van der Waals surface area contributed by atoms with Crippen LogP contribution in [0.25, 0.3) is 0 Å². The number of hydrogen-bond donors (Lipinski definition) is 3. The van der Waals surface area contributed by atoms with E-state index in [0.29, 0.717) is 22.9 Å². The van der Waals surface area contributed by atoms with E-state index in [1.807, 2.05) is 0 Å². The van der Waals surface area contributed by atoms with Crippen LogP contribution in [0.1, 0.15) is 27.6 Å². The normalized spacial score (nSPS) is 10.2. The van der Waals surface area contributed by atoms with Crippen LogP contribution in [-0.4, -0.2) is 26.8 Å². The van der Waals surface area contributed by atoms with Crippen molar-refractivity contribution in [3.8, 4) is 0 Å². The highest BCUT2D eigenvalue weighted by Gasteiger charge is 2.05. The first kappa shape index (κ1) is 17.1. The monoisotopic (exact) mass is 348 g/mol. The molecule has 0 aliphatic rings. The number of aromatic carboxylic acids is 1. The van der Waals surface area contributed by atoms with Gasteiger partial charge in [0.1, 0.15) is 18.0 Å². The molecule has 2 aromatic carbocycles. The Balaban J connectivity index is 1.75. The standard InChI is InChI=1S/C19H16N4O3/c1-12(24)13-5-7-15(8-6-13)22-17-10-18(21-11-20-17)23-16-4-2-3-14(9-16)19(25)26/h2-11H,1H3,(H,25,26)(H2,20,21,22,23). The van der Waals surface area contributed by atoms with Gasteiger partial charge >= 0.3 is 5.97 Å². The zero-order chi connectivity index (χ0) is 18.5. The molecule has 0 fully saturated rings. The molecule has 0 spiro atoms. The maximum Gasteiger partial charge on any atom is 0.335 e. The highest BCUT2D eigenvalue weighted by atomic mass is 16.4. The van der Waals surface area contributed by atoms with Gasteiger partial charge < -0.3 is 15.7 Å². The van der Waals surface area contributed by atoms with Crippen LogP contribution in [0, 0.1) is 0 Å². The molecule has 0 aliphatic carbocycles. The number of carbonyl (C=O) groups excluding carboxylic acids is 1. The SMILES string of the molecule is CC(=O)c1ccc(Nc2cc(Nc3cccc(C(=O)O)c3)ncn2)cc1. The molecule has 0 saturated heterocycles. The van der Waals surface area contributed by atoms with Gasteiger partial charge in [0, 0.05) is 23.0 Å². The van der Waals surface area contributed by atoms with Gasteiger partial charge in [0.25, 0.3) is 0 Å². The third-order valence-electron chi connectivity index (χ3n) is 3.61. The van der Waals surface area contributed by atoms with Crippen LogP contribution in [0.15, 0.2) is 60.9 Å². The molecule has 26 heavy (non-hydrogen) atoms. The highest BCUT2D eigenvalue weighted by Crippen LogP contribution is 2.20. The Morgan fingerprint density at radius 1 is 0.846 bits per heavy atom. The Bertz CT molecular complexity index is 955. The first-order valence-corrected chi connectivity index (χ1v) is 7.82. The number of rotatable bonds is 6. The smallest absolute Gasteiger partial charge is 0.335 e. The van der Waals surface area contributed by atoms with Crippen LogP contribution >= 0.6 is 0 Å². The number of Topliss-reactive ketones (excluding diaryl/α,β-unsaturated/α-hetero) is 1. The van der Waals surface area contributed by atoms with E-state index in [-0.39, 0.29) is 11.3 Å². The Labute approximate surface area is 149 Å². The number of nitrogens with zero attached hydrogens (tertiary/aromatic N) is 2. The number of carboxylic acids is 1. The first-order valence-electron chi connectivity index (χ1n) is 7.82. The van der Waals surface area contributed by atoms with Crippen LogP contribution in [0.4, 0.5) is 23.0 Å². The molecule has 130 valence electrons. The fraction of sp³-hybridized carbons (Fsp3) is 0.0526. The second kappa shape index (κ2) is 7.43. The van der Waals surface area contributed by atoms with E-state index < -0.39 is 5.97 Å². The molecule has 7 heteroatoms. The fourth-order valence-corrected chi connectivity index (χ4v) is 2.31. The number of ketones is 1. The number of anilines is 4. The summed E-state index contributed by atoms with van der Waals surface area (Å²) in [5, 5.41) is 15.2. The number of carbonyl (C=O) groups is 2. The van der Waals surface area contributed by atoms with Crippen molar-refractivity contribution >= 4 is 34.8 Å². The Kier molecular flexibility index (Phi) is 4.89. The Morgan fingerprint density at radius 3 is 2.12 bits per heavy atom. The van der Waals surface area contributed by atoms with Crippen LogP contribution < -0.4 is 10.6 Å². The number of benzene rings is 2. The average molecular weight is 348 g/mol. The summed E-state index contributed by atoms with van der Waals surface area (Å²) in [6.45, 7) is 1.52. The van der Waals surface area contributed by atoms with Gasteiger partial charge in [-0.1, -0.05) is 6.07 Å². The maximum absolute atomic E-state index is 11.3. The van der Waals surface area contributed by atoms with Gasteiger partial charge in [0.15, 0.2) is 5.78 Å². The Morgan fingerprint density at radius 2 is 1.50 bits per heavy atom. The molecule has 1 aromatic heterocycles. The average Bonchev–Trinajstić information content (AvgIpc) is 2.62. The van der Waals surface area contributed by atoms with Gasteiger partial charge in [-0.15, -0.1) is 0 Å². The molecule has 3 rings (SSSR count). The van der Waals surface area contributed by atoms with E-state index >= 15 is 0 Å². The van der Waals surface area contributed by atoms with Crippen LogP contribution in [0.3, 0.4) is 0 Å². The topological polar surface area (TPSA) is 104 Å². The molecule has 0 atom stereocenters. The summed E-state index contributed by atoms with van der Waals surface area (Å²) in [4.78, 5) is 30.6. The predicted octanol–water partition coefficient (Wildman–Crippen LogP) is 3.86. The quantitative estimate of drug-likeness (QED) is 0.581. The zero-order valence-electron chi connectivity index (χ0n) is 13.9. The van der Waals surface area contributed by atoms with Crippen LogP contribution in [0.5, 0.6) is 0 Å². The molecular weight excluding hydrogens is 332 g/mol. The van der Waals surface area contributed by atoms with E-state index in [1.165, 1.54) is 25.4 Å². The summed E-state index contributed by atoms with van der Waals surface area (Å²) in [6, 6.07) is 15.2. The summed E-state index contributed by atoms with van der Waals surface area (Å²) in [7, 11) is 0. The third-order valence-corrected chi connectivity index (χ3v) is 3.61. The predicted molar refractivity (Wildman–Crippen MR) is 98.4 cm³/mol. The second-order valence-electron chi connectivity index (χ2n) is 5.56. The third kappa shape index (κ3) is 4.21. The van der Waals surface area contributed by atoms with E-state index in [9.17, 15) is 9.59 Å². The minimum Gasteiger partial charge on any atom is -0.478 e. The molecule has 0 unspecified atom stereocenters. The van der Waals surface area contributed by atoms with Gasteiger partial charge in [0.2, 0.25) is 0 Å². The summed E-state index contributed by atoms with van der Waals surface area (Å²) in [5.74, 6) is 0.0965. The lowest BCUT2D eigenvalue weighted by Crippen LogP contribution is -2.00. The minimum absolute atomic E-state index is 0.00802.